The molecule has 0 saturated carbocycles. The van der Waals surface area contributed by atoms with Crippen LogP contribution >= 0.6 is 0 Å². The predicted octanol–water partition coefficient (Wildman–Crippen LogP) is 1.60. The Balaban J connectivity index is 2.86. The standard InChI is InChI=1S/C20H28F2N2O4/c1-3-4-5-20(28)24-17(6-7-25)12-19(27)18(23-13(2)26)10-14-8-15(21)11-16(22)9-14/h3-4,8-9,11,17-19,25,27H,5-7,10,12H2,1-2H3,(H,23,26)(H,24,28)/b4-3+/t17?,18-,19-/m0/s1. The van der Waals surface area contributed by atoms with Crippen LogP contribution in [0.25, 0.3) is 0 Å². The quantitative estimate of drug-likeness (QED) is 0.426. The second-order valence-electron chi connectivity index (χ2n) is 6.64. The van der Waals surface area contributed by atoms with Gasteiger partial charge in [0.05, 0.1) is 12.1 Å². The Labute approximate surface area is 163 Å². The summed E-state index contributed by atoms with van der Waals surface area (Å²) in [5.74, 6) is -2.16. The number of carbonyl (C=O) groups is 2. The second-order valence-corrected chi connectivity index (χ2v) is 6.64. The molecule has 8 heteroatoms. The monoisotopic (exact) mass is 398 g/mol. The summed E-state index contributed by atoms with van der Waals surface area (Å²) in [5, 5.41) is 25.1. The van der Waals surface area contributed by atoms with Gasteiger partial charge in [-0.05, 0) is 43.9 Å². The van der Waals surface area contributed by atoms with Gasteiger partial charge in [-0.2, -0.15) is 0 Å². The summed E-state index contributed by atoms with van der Waals surface area (Å²) < 4.78 is 26.9. The Morgan fingerprint density at radius 3 is 2.36 bits per heavy atom. The Hall–Kier alpha value is -2.32. The third-order valence-electron chi connectivity index (χ3n) is 4.14. The van der Waals surface area contributed by atoms with Gasteiger partial charge in [0.25, 0.3) is 0 Å². The molecule has 2 amide bonds. The average molecular weight is 398 g/mol. The largest absolute Gasteiger partial charge is 0.396 e. The van der Waals surface area contributed by atoms with Crippen molar-refractivity contribution in [3.63, 3.8) is 0 Å². The Morgan fingerprint density at radius 2 is 1.82 bits per heavy atom. The maximum absolute atomic E-state index is 13.4. The van der Waals surface area contributed by atoms with Crippen molar-refractivity contribution >= 4 is 11.8 Å². The van der Waals surface area contributed by atoms with Gasteiger partial charge in [-0.15, -0.1) is 0 Å². The molecule has 0 aromatic heterocycles. The molecular weight excluding hydrogens is 370 g/mol. The van der Waals surface area contributed by atoms with E-state index < -0.39 is 35.7 Å². The fourth-order valence-corrected chi connectivity index (χ4v) is 2.90. The minimum Gasteiger partial charge on any atom is -0.396 e. The number of benzene rings is 1. The topological polar surface area (TPSA) is 98.7 Å². The van der Waals surface area contributed by atoms with Crippen LogP contribution in [-0.2, 0) is 16.0 Å². The molecule has 156 valence electrons. The van der Waals surface area contributed by atoms with Crippen molar-refractivity contribution in [2.75, 3.05) is 6.61 Å². The molecule has 1 aromatic carbocycles. The van der Waals surface area contributed by atoms with E-state index in [2.05, 4.69) is 10.6 Å². The molecule has 28 heavy (non-hydrogen) atoms. The van der Waals surface area contributed by atoms with E-state index in [9.17, 15) is 28.6 Å². The summed E-state index contributed by atoms with van der Waals surface area (Å²) in [6.45, 7) is 2.87. The van der Waals surface area contributed by atoms with Crippen molar-refractivity contribution in [3.8, 4) is 0 Å². The van der Waals surface area contributed by atoms with Crippen molar-refractivity contribution < 1.29 is 28.6 Å². The number of halogens is 2. The highest BCUT2D eigenvalue weighted by molar-refractivity contribution is 5.77. The normalized spacial score (nSPS) is 14.5. The van der Waals surface area contributed by atoms with Gasteiger partial charge in [0.15, 0.2) is 0 Å². The van der Waals surface area contributed by atoms with Crippen molar-refractivity contribution in [2.24, 2.45) is 0 Å². The van der Waals surface area contributed by atoms with E-state index in [-0.39, 0.29) is 43.8 Å². The van der Waals surface area contributed by atoms with Crippen LogP contribution in [0.4, 0.5) is 8.78 Å². The zero-order valence-electron chi connectivity index (χ0n) is 16.1. The third-order valence-corrected chi connectivity index (χ3v) is 4.14. The lowest BCUT2D eigenvalue weighted by atomic mass is 9.95. The molecule has 0 saturated heterocycles. The van der Waals surface area contributed by atoms with E-state index in [1.54, 1.807) is 19.1 Å². The van der Waals surface area contributed by atoms with E-state index in [1.165, 1.54) is 6.92 Å². The number of allylic oxidation sites excluding steroid dienone is 1. The molecule has 1 unspecified atom stereocenters. The van der Waals surface area contributed by atoms with Crippen LogP contribution in [0.2, 0.25) is 0 Å². The average Bonchev–Trinajstić information content (AvgIpc) is 2.58. The van der Waals surface area contributed by atoms with Crippen LogP contribution in [0.15, 0.2) is 30.4 Å². The fourth-order valence-electron chi connectivity index (χ4n) is 2.90. The van der Waals surface area contributed by atoms with Gasteiger partial charge in [-0.3, -0.25) is 9.59 Å². The van der Waals surface area contributed by atoms with Gasteiger partial charge in [0, 0.05) is 32.1 Å². The second kappa shape index (κ2) is 12.2. The number of aliphatic hydroxyl groups excluding tert-OH is 2. The van der Waals surface area contributed by atoms with Crippen LogP contribution in [0.5, 0.6) is 0 Å². The van der Waals surface area contributed by atoms with E-state index in [1.807, 2.05) is 0 Å². The third kappa shape index (κ3) is 9.05. The summed E-state index contributed by atoms with van der Waals surface area (Å²) >= 11 is 0. The van der Waals surface area contributed by atoms with Crippen LogP contribution < -0.4 is 10.6 Å². The molecule has 0 fully saturated rings. The van der Waals surface area contributed by atoms with Crippen molar-refractivity contribution in [1.82, 2.24) is 10.6 Å². The van der Waals surface area contributed by atoms with Gasteiger partial charge in [0.2, 0.25) is 11.8 Å². The molecule has 0 aliphatic rings. The Bertz CT molecular complexity index is 662. The minimum atomic E-state index is -1.10. The SMILES string of the molecule is C/C=C/CC(=O)NC(CCO)C[C@H](O)[C@H](Cc1cc(F)cc(F)c1)NC(C)=O. The molecule has 3 atom stereocenters. The van der Waals surface area contributed by atoms with Crippen molar-refractivity contribution in [1.29, 1.82) is 0 Å². The first kappa shape index (κ1) is 23.7. The Kier molecular flexibility index (Phi) is 10.3. The summed E-state index contributed by atoms with van der Waals surface area (Å²) in [4.78, 5) is 23.4. The molecule has 0 bridgehead atoms. The highest BCUT2D eigenvalue weighted by Gasteiger charge is 2.25. The molecular formula is C20H28F2N2O4. The van der Waals surface area contributed by atoms with Crippen LogP contribution in [0.1, 0.15) is 38.7 Å². The highest BCUT2D eigenvalue weighted by atomic mass is 19.1. The first-order valence-corrected chi connectivity index (χ1v) is 9.16. The lowest BCUT2D eigenvalue weighted by Crippen LogP contribution is -2.47. The maximum atomic E-state index is 13.4. The van der Waals surface area contributed by atoms with Gasteiger partial charge in [0.1, 0.15) is 11.6 Å². The fraction of sp³-hybridized carbons (Fsp3) is 0.500. The smallest absolute Gasteiger partial charge is 0.224 e. The molecule has 0 aliphatic carbocycles. The molecule has 0 aliphatic heterocycles. The zero-order valence-corrected chi connectivity index (χ0v) is 16.1. The number of amides is 2. The number of carbonyl (C=O) groups excluding carboxylic acids is 2. The molecule has 0 spiro atoms. The highest BCUT2D eigenvalue weighted by Crippen LogP contribution is 2.15. The van der Waals surface area contributed by atoms with E-state index in [4.69, 9.17) is 0 Å². The van der Waals surface area contributed by atoms with Gasteiger partial charge >= 0.3 is 0 Å². The zero-order chi connectivity index (χ0) is 21.1. The van der Waals surface area contributed by atoms with Crippen LogP contribution in [0, 0.1) is 11.6 Å². The Morgan fingerprint density at radius 1 is 1.18 bits per heavy atom. The lowest BCUT2D eigenvalue weighted by molar-refractivity contribution is -0.122. The van der Waals surface area contributed by atoms with Crippen LogP contribution in [0.3, 0.4) is 0 Å². The first-order chi connectivity index (χ1) is 13.2. The summed E-state index contributed by atoms with van der Waals surface area (Å²) in [5.41, 5.74) is 0.283. The molecule has 6 nitrogen and oxygen atoms in total. The number of aliphatic hydroxyl groups is 2. The van der Waals surface area contributed by atoms with E-state index >= 15 is 0 Å². The van der Waals surface area contributed by atoms with Gasteiger partial charge < -0.3 is 20.8 Å². The van der Waals surface area contributed by atoms with Crippen LogP contribution in [-0.4, -0.2) is 46.8 Å². The van der Waals surface area contributed by atoms with Gasteiger partial charge in [-0.1, -0.05) is 12.2 Å². The molecule has 0 heterocycles. The maximum Gasteiger partial charge on any atom is 0.224 e. The summed E-state index contributed by atoms with van der Waals surface area (Å²) in [7, 11) is 0. The summed E-state index contributed by atoms with van der Waals surface area (Å²) in [6, 6.07) is 1.68. The number of hydrogen-bond donors (Lipinski definition) is 4. The molecule has 1 rings (SSSR count). The number of rotatable bonds is 11. The number of nitrogens with one attached hydrogen (secondary N) is 2. The van der Waals surface area contributed by atoms with E-state index in [0.717, 1.165) is 18.2 Å². The minimum absolute atomic E-state index is 0.00773. The predicted molar refractivity (Wildman–Crippen MR) is 101 cm³/mol. The van der Waals surface area contributed by atoms with Gasteiger partial charge in [-0.25, -0.2) is 8.78 Å². The van der Waals surface area contributed by atoms with E-state index in [0.29, 0.717) is 0 Å². The molecule has 4 N–H and O–H groups in total. The van der Waals surface area contributed by atoms with Crippen molar-refractivity contribution in [2.45, 2.75) is 57.7 Å². The number of hydrogen-bond acceptors (Lipinski definition) is 4. The van der Waals surface area contributed by atoms with Crippen molar-refractivity contribution in [3.05, 3.63) is 47.5 Å². The molecule has 0 radical (unpaired) electrons. The first-order valence-electron chi connectivity index (χ1n) is 9.16. The molecule has 1 aromatic rings. The summed E-state index contributed by atoms with van der Waals surface area (Å²) in [6.07, 6.45) is 2.78. The lowest BCUT2D eigenvalue weighted by Gasteiger charge is -2.28.